The summed E-state index contributed by atoms with van der Waals surface area (Å²) < 4.78 is 12.6. The van der Waals surface area contributed by atoms with Gasteiger partial charge in [0, 0.05) is 7.05 Å². The van der Waals surface area contributed by atoms with Gasteiger partial charge in [0.15, 0.2) is 6.61 Å². The highest BCUT2D eigenvalue weighted by molar-refractivity contribution is 6.01. The highest BCUT2D eigenvalue weighted by Gasteiger charge is 2.22. The van der Waals surface area contributed by atoms with Crippen molar-refractivity contribution in [1.82, 2.24) is 9.13 Å². The standard InChI is InChI=1S/C25H27N3O6/c1-16-9-10-17(2)20(13-16)33-12-11-21(30)34-15-19(29)22-23(26)28(25(32)27(3)24(22)31)14-18-7-5-4-6-8-18/h4-10,13H,11-12,14-15,26H2,1-3H3. The highest BCUT2D eigenvalue weighted by Crippen LogP contribution is 2.19. The van der Waals surface area contributed by atoms with Gasteiger partial charge in [0.1, 0.15) is 17.1 Å². The Bertz CT molecular complexity index is 1320. The number of Topliss-reactive ketones (excluding diaryl/α,β-unsaturated/α-hetero) is 1. The fourth-order valence-electron chi connectivity index (χ4n) is 3.36. The summed E-state index contributed by atoms with van der Waals surface area (Å²) in [6.07, 6.45) is -0.0817. The summed E-state index contributed by atoms with van der Waals surface area (Å²) >= 11 is 0. The van der Waals surface area contributed by atoms with Gasteiger partial charge < -0.3 is 15.2 Å². The predicted octanol–water partition coefficient (Wildman–Crippen LogP) is 1.99. The van der Waals surface area contributed by atoms with Crippen LogP contribution in [0.25, 0.3) is 0 Å². The zero-order valence-corrected chi connectivity index (χ0v) is 19.4. The summed E-state index contributed by atoms with van der Waals surface area (Å²) in [5.74, 6) is -1.05. The molecule has 0 aliphatic heterocycles. The van der Waals surface area contributed by atoms with Crippen LogP contribution in [0.15, 0.2) is 58.1 Å². The molecule has 9 heteroatoms. The van der Waals surface area contributed by atoms with Crippen LogP contribution in [0.3, 0.4) is 0 Å². The number of hydrogen-bond donors (Lipinski definition) is 1. The molecule has 3 aromatic rings. The van der Waals surface area contributed by atoms with E-state index in [1.807, 2.05) is 38.1 Å². The second-order valence-electron chi connectivity index (χ2n) is 7.93. The molecule has 2 aromatic carbocycles. The van der Waals surface area contributed by atoms with Crippen LogP contribution in [0.4, 0.5) is 5.82 Å². The molecule has 9 nitrogen and oxygen atoms in total. The van der Waals surface area contributed by atoms with Crippen molar-refractivity contribution in [2.24, 2.45) is 7.05 Å². The largest absolute Gasteiger partial charge is 0.493 e. The maximum atomic E-state index is 12.7. The Morgan fingerprint density at radius 1 is 1.03 bits per heavy atom. The lowest BCUT2D eigenvalue weighted by molar-refractivity contribution is -0.143. The Kier molecular flexibility index (Phi) is 7.68. The third-order valence-electron chi connectivity index (χ3n) is 5.32. The van der Waals surface area contributed by atoms with Gasteiger partial charge in [-0.15, -0.1) is 0 Å². The molecular formula is C25H27N3O6. The van der Waals surface area contributed by atoms with Crippen molar-refractivity contribution in [3.8, 4) is 5.75 Å². The first-order valence-corrected chi connectivity index (χ1v) is 10.7. The van der Waals surface area contributed by atoms with Crippen LogP contribution >= 0.6 is 0 Å². The molecule has 3 rings (SSSR count). The van der Waals surface area contributed by atoms with Gasteiger partial charge in [0.05, 0.1) is 19.6 Å². The Hall–Kier alpha value is -4.14. The zero-order chi connectivity index (χ0) is 24.8. The lowest BCUT2D eigenvalue weighted by atomic mass is 10.1. The Morgan fingerprint density at radius 2 is 1.74 bits per heavy atom. The first kappa shape index (κ1) is 24.5. The van der Waals surface area contributed by atoms with Gasteiger partial charge in [-0.2, -0.15) is 0 Å². The van der Waals surface area contributed by atoms with E-state index in [-0.39, 0.29) is 25.4 Å². The fraction of sp³-hybridized carbons (Fsp3) is 0.280. The minimum absolute atomic E-state index is 0.0726. The number of carbonyl (C=O) groups excluding carboxylic acids is 2. The van der Waals surface area contributed by atoms with Crippen LogP contribution in [0.2, 0.25) is 0 Å². The van der Waals surface area contributed by atoms with Crippen molar-refractivity contribution >= 4 is 17.6 Å². The molecule has 0 aliphatic carbocycles. The van der Waals surface area contributed by atoms with Gasteiger partial charge >= 0.3 is 11.7 Å². The number of rotatable bonds is 9. The van der Waals surface area contributed by atoms with Crippen molar-refractivity contribution in [1.29, 1.82) is 0 Å². The number of aromatic nitrogens is 2. The number of esters is 1. The average molecular weight is 466 g/mol. The fourth-order valence-corrected chi connectivity index (χ4v) is 3.36. The number of hydrogen-bond acceptors (Lipinski definition) is 7. The molecule has 0 aliphatic rings. The van der Waals surface area contributed by atoms with Crippen LogP contribution in [0.1, 0.15) is 33.5 Å². The van der Waals surface area contributed by atoms with E-state index < -0.39 is 35.2 Å². The minimum Gasteiger partial charge on any atom is -0.493 e. The molecule has 0 saturated carbocycles. The van der Waals surface area contributed by atoms with Gasteiger partial charge in [-0.1, -0.05) is 42.5 Å². The second-order valence-corrected chi connectivity index (χ2v) is 7.93. The van der Waals surface area contributed by atoms with E-state index in [1.165, 1.54) is 7.05 Å². The van der Waals surface area contributed by atoms with Gasteiger partial charge in [-0.3, -0.25) is 23.5 Å². The number of benzene rings is 2. The number of aryl methyl sites for hydroxylation is 2. The molecule has 0 saturated heterocycles. The summed E-state index contributed by atoms with van der Waals surface area (Å²) in [5.41, 5.74) is 6.90. The van der Waals surface area contributed by atoms with Crippen molar-refractivity contribution < 1.29 is 19.1 Å². The summed E-state index contributed by atoms with van der Waals surface area (Å²) in [6.45, 7) is 3.31. The van der Waals surface area contributed by atoms with E-state index in [0.717, 1.165) is 25.8 Å². The van der Waals surface area contributed by atoms with Crippen molar-refractivity contribution in [3.63, 3.8) is 0 Å². The molecule has 0 bridgehead atoms. The first-order chi connectivity index (χ1) is 16.2. The Balaban J connectivity index is 1.67. The van der Waals surface area contributed by atoms with Gasteiger partial charge in [-0.05, 0) is 36.6 Å². The Morgan fingerprint density at radius 3 is 2.44 bits per heavy atom. The molecule has 0 amide bonds. The monoisotopic (exact) mass is 465 g/mol. The molecule has 34 heavy (non-hydrogen) atoms. The molecule has 178 valence electrons. The lowest BCUT2D eigenvalue weighted by Crippen LogP contribution is -2.43. The smallest absolute Gasteiger partial charge is 0.332 e. The first-order valence-electron chi connectivity index (χ1n) is 10.7. The summed E-state index contributed by atoms with van der Waals surface area (Å²) in [7, 11) is 1.26. The third-order valence-corrected chi connectivity index (χ3v) is 5.32. The molecule has 0 fully saturated rings. The van der Waals surface area contributed by atoms with E-state index in [0.29, 0.717) is 5.75 Å². The molecule has 2 N–H and O–H groups in total. The van der Waals surface area contributed by atoms with Crippen molar-refractivity contribution in [2.75, 3.05) is 18.9 Å². The highest BCUT2D eigenvalue weighted by atomic mass is 16.5. The number of nitrogens with zero attached hydrogens (tertiary/aromatic N) is 2. The third kappa shape index (κ3) is 5.61. The van der Waals surface area contributed by atoms with E-state index >= 15 is 0 Å². The number of nitrogen functional groups attached to an aromatic ring is 1. The van der Waals surface area contributed by atoms with Crippen LogP contribution < -0.4 is 21.7 Å². The number of nitrogens with two attached hydrogens (primary N) is 1. The van der Waals surface area contributed by atoms with E-state index in [4.69, 9.17) is 15.2 Å². The van der Waals surface area contributed by atoms with E-state index in [1.54, 1.807) is 24.3 Å². The number of ether oxygens (including phenoxy) is 2. The summed E-state index contributed by atoms with van der Waals surface area (Å²) in [4.78, 5) is 50.0. The van der Waals surface area contributed by atoms with Crippen LogP contribution in [0.5, 0.6) is 5.75 Å². The van der Waals surface area contributed by atoms with Crippen LogP contribution in [0, 0.1) is 13.8 Å². The molecule has 0 spiro atoms. The van der Waals surface area contributed by atoms with Gasteiger partial charge in [0.25, 0.3) is 5.56 Å². The zero-order valence-electron chi connectivity index (χ0n) is 19.4. The van der Waals surface area contributed by atoms with Crippen LogP contribution in [-0.4, -0.2) is 34.1 Å². The maximum Gasteiger partial charge on any atom is 0.332 e. The molecule has 0 radical (unpaired) electrons. The van der Waals surface area contributed by atoms with Crippen molar-refractivity contribution in [2.45, 2.75) is 26.8 Å². The summed E-state index contributed by atoms with van der Waals surface area (Å²) in [6, 6.07) is 14.8. The molecular weight excluding hydrogens is 438 g/mol. The molecule has 0 atom stereocenters. The molecule has 1 aromatic heterocycles. The van der Waals surface area contributed by atoms with Gasteiger partial charge in [-0.25, -0.2) is 4.79 Å². The van der Waals surface area contributed by atoms with Crippen molar-refractivity contribution in [3.05, 3.63) is 91.6 Å². The second kappa shape index (κ2) is 10.7. The predicted molar refractivity (Wildman–Crippen MR) is 127 cm³/mol. The number of carbonyl (C=O) groups is 2. The van der Waals surface area contributed by atoms with Gasteiger partial charge in [0.2, 0.25) is 5.78 Å². The molecule has 1 heterocycles. The van der Waals surface area contributed by atoms with E-state index in [9.17, 15) is 19.2 Å². The topological polar surface area (TPSA) is 123 Å². The lowest BCUT2D eigenvalue weighted by Gasteiger charge is -2.15. The van der Waals surface area contributed by atoms with E-state index in [2.05, 4.69) is 0 Å². The average Bonchev–Trinajstić information content (AvgIpc) is 2.82. The van der Waals surface area contributed by atoms with Crippen LogP contribution in [-0.2, 0) is 23.1 Å². The number of anilines is 1. The summed E-state index contributed by atoms with van der Waals surface area (Å²) in [5, 5.41) is 0. The maximum absolute atomic E-state index is 12.7. The quantitative estimate of drug-likeness (QED) is 0.379. The normalized spacial score (nSPS) is 10.7. The molecule has 0 unspecified atom stereocenters. The Labute approximate surface area is 196 Å². The minimum atomic E-state index is -0.842. The SMILES string of the molecule is Cc1ccc(C)c(OCCC(=O)OCC(=O)c2c(N)n(Cc3ccccc3)c(=O)n(C)c2=O)c1. The number of ketones is 1.